The third kappa shape index (κ3) is 1.71. The molecule has 18 heavy (non-hydrogen) atoms. The van der Waals surface area contributed by atoms with Crippen LogP contribution in [-0.4, -0.2) is 9.78 Å². The van der Waals surface area contributed by atoms with Crippen molar-refractivity contribution in [3.63, 3.8) is 0 Å². The van der Waals surface area contributed by atoms with Crippen LogP contribution in [0.15, 0.2) is 40.9 Å². The van der Waals surface area contributed by atoms with Crippen LogP contribution in [-0.2, 0) is 7.05 Å². The van der Waals surface area contributed by atoms with Crippen LogP contribution in [0.3, 0.4) is 0 Å². The van der Waals surface area contributed by atoms with Gasteiger partial charge in [0.25, 0.3) is 0 Å². The second kappa shape index (κ2) is 3.99. The van der Waals surface area contributed by atoms with Crippen LogP contribution in [0, 0.1) is 6.92 Å². The molecule has 0 spiro atoms. The average molecular weight is 241 g/mol. The zero-order valence-electron chi connectivity index (χ0n) is 10.4. The van der Waals surface area contributed by atoms with E-state index in [0.29, 0.717) is 0 Å². The highest BCUT2D eigenvalue weighted by atomic mass is 16.3. The Morgan fingerprint density at radius 1 is 1.28 bits per heavy atom. The van der Waals surface area contributed by atoms with E-state index in [9.17, 15) is 0 Å². The summed E-state index contributed by atoms with van der Waals surface area (Å²) >= 11 is 0. The van der Waals surface area contributed by atoms with E-state index in [0.717, 1.165) is 22.4 Å². The first kappa shape index (κ1) is 11.0. The summed E-state index contributed by atoms with van der Waals surface area (Å²) in [5.41, 5.74) is 9.23. The van der Waals surface area contributed by atoms with Crippen LogP contribution in [0.1, 0.15) is 23.1 Å². The smallest absolute Gasteiger partial charge is 0.134 e. The minimum absolute atomic E-state index is 0.287. The van der Waals surface area contributed by atoms with E-state index in [1.54, 1.807) is 10.9 Å². The molecule has 4 heteroatoms. The van der Waals surface area contributed by atoms with E-state index in [1.807, 2.05) is 31.3 Å². The van der Waals surface area contributed by atoms with Crippen molar-refractivity contribution in [2.45, 2.75) is 13.0 Å². The van der Waals surface area contributed by atoms with Gasteiger partial charge in [-0.05, 0) is 31.2 Å². The molecule has 92 valence electrons. The predicted molar refractivity (Wildman–Crippen MR) is 70.2 cm³/mol. The third-order valence-electron chi connectivity index (χ3n) is 3.17. The van der Waals surface area contributed by atoms with Gasteiger partial charge in [-0.1, -0.05) is 11.6 Å². The van der Waals surface area contributed by atoms with Crippen molar-refractivity contribution < 1.29 is 4.42 Å². The van der Waals surface area contributed by atoms with Gasteiger partial charge in [-0.2, -0.15) is 5.10 Å². The summed E-state index contributed by atoms with van der Waals surface area (Å²) in [4.78, 5) is 0. The van der Waals surface area contributed by atoms with Gasteiger partial charge in [-0.25, -0.2) is 0 Å². The van der Waals surface area contributed by atoms with Gasteiger partial charge < -0.3 is 10.2 Å². The number of aromatic nitrogens is 2. The first-order valence-electron chi connectivity index (χ1n) is 5.89. The van der Waals surface area contributed by atoms with Gasteiger partial charge in [0.05, 0.1) is 5.69 Å². The highest BCUT2D eigenvalue weighted by Gasteiger charge is 2.16. The van der Waals surface area contributed by atoms with Crippen LogP contribution >= 0.6 is 0 Å². The van der Waals surface area contributed by atoms with E-state index in [1.165, 1.54) is 5.56 Å². The molecule has 0 radical (unpaired) electrons. The number of rotatable bonds is 2. The fraction of sp³-hybridized carbons (Fsp3) is 0.214. The summed E-state index contributed by atoms with van der Waals surface area (Å²) in [5, 5.41) is 5.21. The summed E-state index contributed by atoms with van der Waals surface area (Å²) in [7, 11) is 1.88. The summed E-state index contributed by atoms with van der Waals surface area (Å²) in [6.45, 7) is 2.06. The quantitative estimate of drug-likeness (QED) is 0.750. The van der Waals surface area contributed by atoms with Gasteiger partial charge >= 0.3 is 0 Å². The molecule has 0 saturated carbocycles. The van der Waals surface area contributed by atoms with Crippen molar-refractivity contribution in [1.29, 1.82) is 0 Å². The number of nitrogens with two attached hydrogens (primary N) is 1. The summed E-state index contributed by atoms with van der Waals surface area (Å²) in [5.74, 6) is 0.763. The van der Waals surface area contributed by atoms with Crippen molar-refractivity contribution >= 4 is 11.0 Å². The molecular weight excluding hydrogens is 226 g/mol. The first-order chi connectivity index (χ1) is 8.65. The Hall–Kier alpha value is -2.07. The lowest BCUT2D eigenvalue weighted by Gasteiger charge is -2.08. The van der Waals surface area contributed by atoms with Gasteiger partial charge in [0.2, 0.25) is 0 Å². The van der Waals surface area contributed by atoms with E-state index < -0.39 is 0 Å². The number of benzene rings is 1. The molecule has 0 amide bonds. The molecular formula is C14H15N3O. The van der Waals surface area contributed by atoms with Gasteiger partial charge in [0, 0.05) is 18.6 Å². The number of nitrogens with zero attached hydrogens (tertiary/aromatic N) is 2. The van der Waals surface area contributed by atoms with E-state index in [-0.39, 0.29) is 6.04 Å². The Kier molecular flexibility index (Phi) is 2.45. The lowest BCUT2D eigenvalue weighted by atomic mass is 10.1. The maximum Gasteiger partial charge on any atom is 0.134 e. The predicted octanol–water partition coefficient (Wildman–Crippen LogP) is 2.52. The number of furan rings is 1. The second-order valence-electron chi connectivity index (χ2n) is 4.55. The molecule has 2 N–H and O–H groups in total. The monoisotopic (exact) mass is 241 g/mol. The van der Waals surface area contributed by atoms with Gasteiger partial charge in [0.15, 0.2) is 0 Å². The van der Waals surface area contributed by atoms with E-state index in [4.69, 9.17) is 10.2 Å². The largest absolute Gasteiger partial charge is 0.459 e. The molecule has 2 aromatic heterocycles. The summed E-state index contributed by atoms with van der Waals surface area (Å²) in [6.07, 6.45) is 1.74. The normalized spacial score (nSPS) is 13.1. The fourth-order valence-electron chi connectivity index (χ4n) is 2.17. The molecule has 0 aliphatic rings. The van der Waals surface area contributed by atoms with Crippen molar-refractivity contribution in [3.05, 3.63) is 53.5 Å². The highest BCUT2D eigenvalue weighted by molar-refractivity contribution is 5.78. The highest BCUT2D eigenvalue weighted by Crippen LogP contribution is 2.26. The van der Waals surface area contributed by atoms with E-state index >= 15 is 0 Å². The van der Waals surface area contributed by atoms with Crippen LogP contribution in [0.25, 0.3) is 11.0 Å². The van der Waals surface area contributed by atoms with Gasteiger partial charge in [0.1, 0.15) is 17.4 Å². The van der Waals surface area contributed by atoms with Crippen molar-refractivity contribution in [2.24, 2.45) is 12.8 Å². The minimum atomic E-state index is -0.287. The van der Waals surface area contributed by atoms with Crippen LogP contribution in [0.5, 0.6) is 0 Å². The number of hydrogen-bond donors (Lipinski definition) is 1. The molecule has 3 aromatic rings. The van der Waals surface area contributed by atoms with Crippen molar-refractivity contribution in [2.75, 3.05) is 0 Å². The Balaban J connectivity index is 2.07. The molecule has 1 atom stereocenters. The zero-order valence-corrected chi connectivity index (χ0v) is 10.4. The number of aryl methyl sites for hydroxylation is 2. The second-order valence-corrected chi connectivity index (χ2v) is 4.55. The molecule has 0 fully saturated rings. The Morgan fingerprint density at radius 2 is 2.11 bits per heavy atom. The van der Waals surface area contributed by atoms with Gasteiger partial charge in [-0.15, -0.1) is 0 Å². The van der Waals surface area contributed by atoms with Crippen LogP contribution < -0.4 is 5.73 Å². The van der Waals surface area contributed by atoms with E-state index in [2.05, 4.69) is 18.1 Å². The Labute approximate surface area is 105 Å². The standard InChI is InChI=1S/C14H15N3O/c1-9-3-4-12-10(7-9)8-13(18-12)14(15)11-5-6-16-17(11)2/h3-8,14H,15H2,1-2H3. The Bertz CT molecular complexity index is 696. The fourth-order valence-corrected chi connectivity index (χ4v) is 2.17. The minimum Gasteiger partial charge on any atom is -0.459 e. The molecule has 0 aliphatic heterocycles. The SMILES string of the molecule is Cc1ccc2oc(C(N)c3ccnn3C)cc2c1. The number of hydrogen-bond acceptors (Lipinski definition) is 3. The molecule has 3 rings (SSSR count). The molecule has 0 aliphatic carbocycles. The Morgan fingerprint density at radius 3 is 2.83 bits per heavy atom. The summed E-state index contributed by atoms with van der Waals surface area (Å²) in [6, 6.07) is 9.72. The lowest BCUT2D eigenvalue weighted by molar-refractivity contribution is 0.509. The topological polar surface area (TPSA) is 57.0 Å². The molecule has 4 nitrogen and oxygen atoms in total. The molecule has 1 unspecified atom stereocenters. The lowest BCUT2D eigenvalue weighted by Crippen LogP contribution is -2.15. The maximum absolute atomic E-state index is 6.21. The maximum atomic E-state index is 6.21. The average Bonchev–Trinajstić information content (AvgIpc) is 2.93. The third-order valence-corrected chi connectivity index (χ3v) is 3.17. The molecule has 1 aromatic carbocycles. The molecule has 2 heterocycles. The molecule has 0 bridgehead atoms. The summed E-state index contributed by atoms with van der Waals surface area (Å²) < 4.78 is 7.56. The van der Waals surface area contributed by atoms with Crippen molar-refractivity contribution in [1.82, 2.24) is 9.78 Å². The van der Waals surface area contributed by atoms with Crippen LogP contribution in [0.4, 0.5) is 0 Å². The zero-order chi connectivity index (χ0) is 12.7. The molecule has 0 saturated heterocycles. The van der Waals surface area contributed by atoms with Crippen molar-refractivity contribution in [3.8, 4) is 0 Å². The first-order valence-corrected chi connectivity index (χ1v) is 5.89. The van der Waals surface area contributed by atoms with Gasteiger partial charge in [-0.3, -0.25) is 4.68 Å². The van der Waals surface area contributed by atoms with Crippen LogP contribution in [0.2, 0.25) is 0 Å². The number of fused-ring (bicyclic) bond motifs is 1.